The second-order valence-electron chi connectivity index (χ2n) is 4.59. The van der Waals surface area contributed by atoms with E-state index in [0.29, 0.717) is 23.6 Å². The molecule has 0 radical (unpaired) electrons. The average molecular weight is 278 g/mol. The van der Waals surface area contributed by atoms with Crippen LogP contribution >= 0.6 is 0 Å². The highest BCUT2D eigenvalue weighted by Crippen LogP contribution is 2.27. The third kappa shape index (κ3) is 2.74. The van der Waals surface area contributed by atoms with Crippen LogP contribution in [0.2, 0.25) is 0 Å². The molecule has 0 saturated carbocycles. The fourth-order valence-corrected chi connectivity index (χ4v) is 2.07. The molecular formula is C17H14N2O2. The second-order valence-corrected chi connectivity index (χ2v) is 4.59. The molecule has 0 saturated heterocycles. The molecule has 0 fully saturated rings. The van der Waals surface area contributed by atoms with E-state index in [0.717, 1.165) is 10.9 Å². The van der Waals surface area contributed by atoms with Crippen LogP contribution in [-0.4, -0.2) is 15.8 Å². The summed E-state index contributed by atoms with van der Waals surface area (Å²) in [7, 11) is 0. The van der Waals surface area contributed by atoms with Crippen LogP contribution in [0.5, 0.6) is 11.5 Å². The lowest BCUT2D eigenvalue weighted by atomic mass is 10.2. The third-order valence-electron chi connectivity index (χ3n) is 3.17. The van der Waals surface area contributed by atoms with Crippen molar-refractivity contribution in [3.05, 3.63) is 60.6 Å². The predicted octanol–water partition coefficient (Wildman–Crippen LogP) is 4.01. The van der Waals surface area contributed by atoms with Crippen LogP contribution in [0.15, 0.2) is 54.9 Å². The average Bonchev–Trinajstić information content (AvgIpc) is 2.55. The summed E-state index contributed by atoms with van der Waals surface area (Å²) in [6.45, 7) is 1.82. The number of ether oxygens (including phenoxy) is 1. The zero-order valence-electron chi connectivity index (χ0n) is 11.6. The number of nitrogens with zero attached hydrogens (tertiary/aromatic N) is 2. The molecule has 0 amide bonds. The zero-order chi connectivity index (χ0) is 14.7. The summed E-state index contributed by atoms with van der Waals surface area (Å²) in [5.41, 5.74) is 1.26. The quantitative estimate of drug-likeness (QED) is 0.676. The number of rotatable bonds is 4. The topological polar surface area (TPSA) is 52.1 Å². The Bertz CT molecular complexity index is 777. The van der Waals surface area contributed by atoms with E-state index in [9.17, 15) is 4.79 Å². The van der Waals surface area contributed by atoms with Crippen LogP contribution in [0, 0.1) is 0 Å². The number of carbonyl (C=O) groups is 1. The van der Waals surface area contributed by atoms with Crippen molar-refractivity contribution < 1.29 is 9.53 Å². The van der Waals surface area contributed by atoms with Gasteiger partial charge in [-0.05, 0) is 24.3 Å². The molecule has 4 nitrogen and oxygen atoms in total. The summed E-state index contributed by atoms with van der Waals surface area (Å²) in [5.74, 6) is 1.28. The van der Waals surface area contributed by atoms with Gasteiger partial charge in [0.25, 0.3) is 0 Å². The van der Waals surface area contributed by atoms with Crippen molar-refractivity contribution >= 4 is 16.7 Å². The van der Waals surface area contributed by atoms with Gasteiger partial charge in [-0.25, -0.2) is 4.98 Å². The molecule has 0 bridgehead atoms. The van der Waals surface area contributed by atoms with Gasteiger partial charge in [0.2, 0.25) is 0 Å². The molecule has 3 rings (SSSR count). The monoisotopic (exact) mass is 278 g/mol. The Hall–Kier alpha value is -2.75. The Kier molecular flexibility index (Phi) is 3.60. The first kappa shape index (κ1) is 13.2. The normalized spacial score (nSPS) is 10.5. The first-order chi connectivity index (χ1) is 10.3. The number of pyridine rings is 2. The van der Waals surface area contributed by atoms with Crippen LogP contribution in [-0.2, 0) is 0 Å². The van der Waals surface area contributed by atoms with E-state index >= 15 is 0 Å². The van der Waals surface area contributed by atoms with E-state index in [-0.39, 0.29) is 5.78 Å². The van der Waals surface area contributed by atoms with Crippen LogP contribution in [0.4, 0.5) is 0 Å². The van der Waals surface area contributed by atoms with E-state index in [4.69, 9.17) is 4.74 Å². The Morgan fingerprint density at radius 2 is 1.95 bits per heavy atom. The summed E-state index contributed by atoms with van der Waals surface area (Å²) < 4.78 is 5.82. The van der Waals surface area contributed by atoms with Crippen molar-refractivity contribution in [1.29, 1.82) is 0 Å². The fraction of sp³-hybridized carbons (Fsp3) is 0.118. The van der Waals surface area contributed by atoms with E-state index in [2.05, 4.69) is 9.97 Å². The number of hydrogen-bond acceptors (Lipinski definition) is 4. The van der Waals surface area contributed by atoms with Gasteiger partial charge >= 0.3 is 0 Å². The highest BCUT2D eigenvalue weighted by atomic mass is 16.5. The van der Waals surface area contributed by atoms with Gasteiger partial charge in [-0.1, -0.05) is 25.1 Å². The lowest BCUT2D eigenvalue weighted by Crippen LogP contribution is -1.99. The van der Waals surface area contributed by atoms with Gasteiger partial charge < -0.3 is 4.74 Å². The number of Topliss-reactive ketones (excluding diaryl/α,β-unsaturated/α-hetero) is 1. The first-order valence-electron chi connectivity index (χ1n) is 6.79. The van der Waals surface area contributed by atoms with Gasteiger partial charge in [-0.2, -0.15) is 0 Å². The van der Waals surface area contributed by atoms with Gasteiger partial charge in [0.15, 0.2) is 11.5 Å². The van der Waals surface area contributed by atoms with Crippen LogP contribution < -0.4 is 4.74 Å². The molecule has 4 heteroatoms. The standard InChI is InChI=1S/C17H14N2O2/c1-2-15(20)14-9-8-13(11-19-14)21-16-7-3-5-12-6-4-10-18-17(12)16/h3-11H,2H2,1H3. The molecule has 3 aromatic rings. The van der Waals surface area contributed by atoms with Crippen LogP contribution in [0.3, 0.4) is 0 Å². The number of carbonyl (C=O) groups excluding carboxylic acids is 1. The van der Waals surface area contributed by atoms with Crippen molar-refractivity contribution in [2.24, 2.45) is 0 Å². The molecule has 1 aromatic carbocycles. The first-order valence-corrected chi connectivity index (χ1v) is 6.79. The molecule has 2 heterocycles. The minimum absolute atomic E-state index is 0.0216. The summed E-state index contributed by atoms with van der Waals surface area (Å²) in [6.07, 6.45) is 3.74. The Morgan fingerprint density at radius 3 is 2.71 bits per heavy atom. The number of ketones is 1. The van der Waals surface area contributed by atoms with E-state index in [1.54, 1.807) is 24.5 Å². The summed E-state index contributed by atoms with van der Waals surface area (Å²) in [5, 5.41) is 1.01. The smallest absolute Gasteiger partial charge is 0.180 e. The van der Waals surface area contributed by atoms with Gasteiger partial charge in [-0.15, -0.1) is 0 Å². The second kappa shape index (κ2) is 5.71. The number of benzene rings is 1. The van der Waals surface area contributed by atoms with Gasteiger partial charge in [0.05, 0.1) is 6.20 Å². The zero-order valence-corrected chi connectivity index (χ0v) is 11.6. The maximum atomic E-state index is 11.5. The SMILES string of the molecule is CCC(=O)c1ccc(Oc2cccc3cccnc23)cn1. The van der Waals surface area contributed by atoms with Crippen LogP contribution in [0.1, 0.15) is 23.8 Å². The molecule has 0 aliphatic heterocycles. The summed E-state index contributed by atoms with van der Waals surface area (Å²) in [6, 6.07) is 13.1. The van der Waals surface area contributed by atoms with Gasteiger partial charge in [-0.3, -0.25) is 9.78 Å². The predicted molar refractivity (Wildman–Crippen MR) is 80.7 cm³/mol. The molecule has 0 unspecified atom stereocenters. The molecule has 0 aliphatic carbocycles. The Morgan fingerprint density at radius 1 is 1.10 bits per heavy atom. The van der Waals surface area contributed by atoms with Crippen molar-refractivity contribution in [2.45, 2.75) is 13.3 Å². The number of fused-ring (bicyclic) bond motifs is 1. The van der Waals surface area contributed by atoms with Gasteiger partial charge in [0.1, 0.15) is 17.0 Å². The largest absolute Gasteiger partial charge is 0.453 e. The third-order valence-corrected chi connectivity index (χ3v) is 3.17. The van der Waals surface area contributed by atoms with Crippen molar-refractivity contribution in [1.82, 2.24) is 9.97 Å². The highest BCUT2D eigenvalue weighted by Gasteiger charge is 2.07. The molecule has 2 aromatic heterocycles. The molecule has 0 spiro atoms. The maximum Gasteiger partial charge on any atom is 0.180 e. The molecule has 21 heavy (non-hydrogen) atoms. The lowest BCUT2D eigenvalue weighted by molar-refractivity contribution is 0.0983. The Balaban J connectivity index is 1.90. The summed E-state index contributed by atoms with van der Waals surface area (Å²) >= 11 is 0. The van der Waals surface area contributed by atoms with E-state index < -0.39 is 0 Å². The molecule has 0 N–H and O–H groups in total. The molecule has 0 atom stereocenters. The Labute approximate surface area is 122 Å². The van der Waals surface area contributed by atoms with E-state index in [1.165, 1.54) is 0 Å². The molecule has 0 aliphatic rings. The minimum Gasteiger partial charge on any atom is -0.453 e. The summed E-state index contributed by atoms with van der Waals surface area (Å²) in [4.78, 5) is 20.0. The molecular weight excluding hydrogens is 264 g/mol. The van der Waals surface area contributed by atoms with E-state index in [1.807, 2.05) is 37.3 Å². The van der Waals surface area contributed by atoms with Crippen molar-refractivity contribution in [2.75, 3.05) is 0 Å². The minimum atomic E-state index is 0.0216. The van der Waals surface area contributed by atoms with Gasteiger partial charge in [0, 0.05) is 18.0 Å². The number of aromatic nitrogens is 2. The van der Waals surface area contributed by atoms with Crippen LogP contribution in [0.25, 0.3) is 10.9 Å². The van der Waals surface area contributed by atoms with Crippen molar-refractivity contribution in [3.63, 3.8) is 0 Å². The van der Waals surface area contributed by atoms with Crippen molar-refractivity contribution in [3.8, 4) is 11.5 Å². The fourth-order valence-electron chi connectivity index (χ4n) is 2.07. The molecule has 104 valence electrons. The number of para-hydroxylation sites is 1. The number of hydrogen-bond donors (Lipinski definition) is 0. The lowest BCUT2D eigenvalue weighted by Gasteiger charge is -2.08. The highest BCUT2D eigenvalue weighted by molar-refractivity contribution is 5.94. The maximum absolute atomic E-state index is 11.5.